The SMILES string of the molecule is NN1NN=C([N+](=O)[O-])N1[N+](=O)[O-]. The number of rotatable bonds is 1. The molecule has 0 radical (unpaired) electrons. The van der Waals surface area contributed by atoms with E-state index in [1.54, 1.807) is 0 Å². The van der Waals surface area contributed by atoms with Gasteiger partial charge in [-0.2, -0.15) is 0 Å². The van der Waals surface area contributed by atoms with E-state index in [0.717, 1.165) is 0 Å². The summed E-state index contributed by atoms with van der Waals surface area (Å²) in [6.45, 7) is 0. The first-order chi connectivity index (χ1) is 5.54. The van der Waals surface area contributed by atoms with Crippen LogP contribution in [0, 0.1) is 20.2 Å². The Kier molecular flexibility index (Phi) is 1.72. The van der Waals surface area contributed by atoms with Gasteiger partial charge in [0, 0.05) is 5.10 Å². The molecule has 1 aliphatic heterocycles. The number of hydrogen-bond donors (Lipinski definition) is 2. The number of hydrazine groups is 4. The maximum atomic E-state index is 10.1. The van der Waals surface area contributed by atoms with Gasteiger partial charge in [-0.1, -0.05) is 0 Å². The van der Waals surface area contributed by atoms with Gasteiger partial charge in [0.15, 0.2) is 5.12 Å². The second-order valence-electron chi connectivity index (χ2n) is 1.64. The molecular formula is CH3N7O4. The van der Waals surface area contributed by atoms with E-state index in [0.29, 0.717) is 0 Å². The van der Waals surface area contributed by atoms with Gasteiger partial charge in [-0.05, 0) is 4.92 Å². The van der Waals surface area contributed by atoms with Crippen LogP contribution in [-0.4, -0.2) is 26.3 Å². The summed E-state index contributed by atoms with van der Waals surface area (Å²) in [4.78, 5) is 19.1. The van der Waals surface area contributed by atoms with Crippen LogP contribution >= 0.6 is 0 Å². The fourth-order valence-corrected chi connectivity index (χ4v) is 0.545. The molecule has 0 fully saturated rings. The highest BCUT2D eigenvalue weighted by atomic mass is 16.7. The Balaban J connectivity index is 2.88. The van der Waals surface area contributed by atoms with E-state index in [2.05, 4.69) is 5.10 Å². The third-order valence-corrected chi connectivity index (χ3v) is 0.953. The molecule has 12 heavy (non-hydrogen) atoms. The molecule has 0 spiro atoms. The Bertz CT molecular complexity index is 258. The molecule has 1 heterocycles. The van der Waals surface area contributed by atoms with Crippen LogP contribution in [0.1, 0.15) is 0 Å². The first-order valence-corrected chi connectivity index (χ1v) is 2.51. The Morgan fingerprint density at radius 2 is 2.08 bits per heavy atom. The summed E-state index contributed by atoms with van der Waals surface area (Å²) in [5.74, 6) is 3.90. The monoisotopic (exact) mass is 177 g/mol. The number of hydrazone groups is 1. The Hall–Kier alpha value is -2.01. The topological polar surface area (TPSA) is 143 Å². The van der Waals surface area contributed by atoms with Crippen molar-refractivity contribution in [2.45, 2.75) is 0 Å². The van der Waals surface area contributed by atoms with Gasteiger partial charge >= 0.3 is 5.96 Å². The third-order valence-electron chi connectivity index (χ3n) is 0.953. The lowest BCUT2D eigenvalue weighted by Crippen LogP contribution is -2.54. The standard InChI is InChI=1S/CH3N7O4/c2-7-4-3-1(6(9)10)5(7)8(11)12/h4H,2H2. The molecule has 66 valence electrons. The van der Waals surface area contributed by atoms with Gasteiger partial charge in [0.2, 0.25) is 5.03 Å². The van der Waals surface area contributed by atoms with E-state index in [1.165, 1.54) is 0 Å². The minimum atomic E-state index is -1.08. The molecule has 11 heteroatoms. The van der Waals surface area contributed by atoms with Gasteiger partial charge < -0.3 is 10.1 Å². The second kappa shape index (κ2) is 2.55. The highest BCUT2D eigenvalue weighted by Gasteiger charge is 2.46. The molecule has 0 bridgehead atoms. The summed E-state index contributed by atoms with van der Waals surface area (Å²) in [6, 6.07) is 0. The molecule has 0 aromatic carbocycles. The lowest BCUT2D eigenvalue weighted by atomic mass is 11.0. The molecular weight excluding hydrogens is 174 g/mol. The van der Waals surface area contributed by atoms with Crippen molar-refractivity contribution in [3.8, 4) is 0 Å². The number of nitrogens with two attached hydrogens (primary N) is 1. The smallest absolute Gasteiger partial charge is 0.390 e. The maximum absolute atomic E-state index is 10.1. The summed E-state index contributed by atoms with van der Waals surface area (Å²) in [7, 11) is 0. The first kappa shape index (κ1) is 8.09. The second-order valence-corrected chi connectivity index (χ2v) is 1.64. The van der Waals surface area contributed by atoms with E-state index < -0.39 is 15.9 Å². The van der Waals surface area contributed by atoms with Crippen LogP contribution in [0.15, 0.2) is 5.10 Å². The largest absolute Gasteiger partial charge is 0.537 e. The molecule has 0 saturated heterocycles. The normalized spacial score (nSPS) is 17.1. The Morgan fingerprint density at radius 3 is 2.42 bits per heavy atom. The number of nitrogens with one attached hydrogen (secondary N) is 1. The lowest BCUT2D eigenvalue weighted by Gasteiger charge is -2.05. The van der Waals surface area contributed by atoms with E-state index >= 15 is 0 Å². The molecule has 1 aliphatic rings. The van der Waals surface area contributed by atoms with Crippen molar-refractivity contribution in [2.24, 2.45) is 10.9 Å². The fourth-order valence-electron chi connectivity index (χ4n) is 0.545. The summed E-state index contributed by atoms with van der Waals surface area (Å²) < 4.78 is 0. The van der Waals surface area contributed by atoms with Gasteiger partial charge in [-0.25, -0.2) is 16.0 Å². The van der Waals surface area contributed by atoms with E-state index in [-0.39, 0.29) is 10.3 Å². The molecule has 3 N–H and O–H groups in total. The Morgan fingerprint density at radius 1 is 1.50 bits per heavy atom. The van der Waals surface area contributed by atoms with Crippen LogP contribution < -0.4 is 11.4 Å². The number of guanidine groups is 1. The molecule has 0 amide bonds. The van der Waals surface area contributed by atoms with Gasteiger partial charge in [0.25, 0.3) is 0 Å². The van der Waals surface area contributed by atoms with Crippen LogP contribution in [0.2, 0.25) is 0 Å². The molecule has 0 saturated carbocycles. The highest BCUT2D eigenvalue weighted by Crippen LogP contribution is 1.99. The fraction of sp³-hybridized carbons (Fsp3) is 0. The molecule has 1 rings (SSSR count). The van der Waals surface area contributed by atoms with Gasteiger partial charge in [0.05, 0.1) is 5.23 Å². The molecule has 11 nitrogen and oxygen atoms in total. The zero-order valence-electron chi connectivity index (χ0n) is 5.45. The van der Waals surface area contributed by atoms with Crippen LogP contribution in [-0.2, 0) is 0 Å². The van der Waals surface area contributed by atoms with Crippen molar-refractivity contribution in [3.63, 3.8) is 0 Å². The van der Waals surface area contributed by atoms with Crippen molar-refractivity contribution in [1.82, 2.24) is 15.9 Å². The predicted octanol–water partition coefficient (Wildman–Crippen LogP) is -2.36. The summed E-state index contributed by atoms with van der Waals surface area (Å²) >= 11 is 0. The van der Waals surface area contributed by atoms with Crippen molar-refractivity contribution in [3.05, 3.63) is 20.2 Å². The van der Waals surface area contributed by atoms with E-state index in [9.17, 15) is 20.2 Å². The number of hydrogen-bond acceptors (Lipinski definition) is 8. The van der Waals surface area contributed by atoms with Crippen molar-refractivity contribution < 1.29 is 9.96 Å². The minimum absolute atomic E-state index is 0.0417. The van der Waals surface area contributed by atoms with E-state index in [4.69, 9.17) is 5.84 Å². The van der Waals surface area contributed by atoms with Crippen LogP contribution in [0.4, 0.5) is 0 Å². The zero-order chi connectivity index (χ0) is 9.30. The molecule has 0 aliphatic carbocycles. The Labute approximate surface area is 64.2 Å². The molecule has 0 atom stereocenters. The quantitative estimate of drug-likeness (QED) is 0.257. The molecule has 0 unspecified atom stereocenters. The average molecular weight is 177 g/mol. The van der Waals surface area contributed by atoms with E-state index in [1.807, 2.05) is 5.53 Å². The molecule has 0 aromatic rings. The zero-order valence-corrected chi connectivity index (χ0v) is 5.45. The van der Waals surface area contributed by atoms with Crippen LogP contribution in [0.3, 0.4) is 0 Å². The van der Waals surface area contributed by atoms with Crippen molar-refractivity contribution in [1.29, 1.82) is 0 Å². The maximum Gasteiger partial charge on any atom is 0.537 e. The van der Waals surface area contributed by atoms with Crippen LogP contribution in [0.5, 0.6) is 0 Å². The summed E-state index contributed by atoms with van der Waals surface area (Å²) in [5, 5.41) is 22.3. The van der Waals surface area contributed by atoms with Crippen molar-refractivity contribution in [2.75, 3.05) is 0 Å². The minimum Gasteiger partial charge on any atom is -0.390 e. The third kappa shape index (κ3) is 1.08. The summed E-state index contributed by atoms with van der Waals surface area (Å²) in [5.41, 5.74) is 1.82. The number of nitrogens with zero attached hydrogens (tertiary/aromatic N) is 5. The van der Waals surface area contributed by atoms with Gasteiger partial charge in [-0.15, -0.1) is 5.53 Å². The van der Waals surface area contributed by atoms with Crippen molar-refractivity contribution >= 4 is 5.96 Å². The average Bonchev–Trinajstić information content (AvgIpc) is 2.30. The van der Waals surface area contributed by atoms with Gasteiger partial charge in [0.1, 0.15) is 0 Å². The number of nitro groups is 2. The predicted molar refractivity (Wildman–Crippen MR) is 32.4 cm³/mol. The highest BCUT2D eigenvalue weighted by molar-refractivity contribution is 5.70. The van der Waals surface area contributed by atoms with Crippen LogP contribution in [0.25, 0.3) is 0 Å². The lowest BCUT2D eigenvalue weighted by molar-refractivity contribution is -0.687. The van der Waals surface area contributed by atoms with Gasteiger partial charge in [-0.3, -0.25) is 0 Å². The molecule has 0 aromatic heterocycles. The summed E-state index contributed by atoms with van der Waals surface area (Å²) in [6.07, 6.45) is 0. The first-order valence-electron chi connectivity index (χ1n) is 2.51.